The lowest BCUT2D eigenvalue weighted by Crippen LogP contribution is -2.46. The van der Waals surface area contributed by atoms with Crippen molar-refractivity contribution in [1.82, 2.24) is 10.6 Å². The van der Waals surface area contributed by atoms with Gasteiger partial charge in [0.2, 0.25) is 0 Å². The van der Waals surface area contributed by atoms with Gasteiger partial charge in [0.25, 0.3) is 0 Å². The molecule has 0 bridgehead atoms. The van der Waals surface area contributed by atoms with E-state index < -0.39 is 0 Å². The van der Waals surface area contributed by atoms with E-state index in [0.717, 1.165) is 6.42 Å². The monoisotopic (exact) mass is 311 g/mol. The third kappa shape index (κ3) is 6.30. The van der Waals surface area contributed by atoms with Crippen molar-refractivity contribution in [2.24, 2.45) is 4.99 Å². The molecule has 0 saturated carbocycles. The van der Waals surface area contributed by atoms with Crippen LogP contribution in [0.4, 0.5) is 4.39 Å². The summed E-state index contributed by atoms with van der Waals surface area (Å²) in [6.45, 7) is 5.12. The van der Waals surface area contributed by atoms with Gasteiger partial charge in [-0.3, -0.25) is 4.99 Å². The zero-order valence-electron chi connectivity index (χ0n) is 13.7. The molecule has 2 unspecified atom stereocenters. The Hall–Kier alpha value is -1.82. The van der Waals surface area contributed by atoms with Gasteiger partial charge in [-0.15, -0.1) is 0 Å². The van der Waals surface area contributed by atoms with Gasteiger partial charge in [0.05, 0.1) is 13.2 Å². The molecule has 0 aliphatic heterocycles. The van der Waals surface area contributed by atoms with Crippen LogP contribution < -0.4 is 15.4 Å². The third-order valence-electron chi connectivity index (χ3n) is 3.11. The Labute approximate surface area is 131 Å². The maximum Gasteiger partial charge on any atom is 0.191 e. The van der Waals surface area contributed by atoms with Gasteiger partial charge in [-0.1, -0.05) is 19.1 Å². The van der Waals surface area contributed by atoms with Crippen LogP contribution in [0.2, 0.25) is 0 Å². The van der Waals surface area contributed by atoms with E-state index in [1.165, 1.54) is 6.07 Å². The molecule has 0 amide bonds. The molecule has 1 aromatic carbocycles. The Morgan fingerprint density at radius 1 is 1.36 bits per heavy atom. The summed E-state index contributed by atoms with van der Waals surface area (Å²) in [6, 6.07) is 6.56. The predicted octanol–water partition coefficient (Wildman–Crippen LogP) is 2.18. The fourth-order valence-corrected chi connectivity index (χ4v) is 1.92. The van der Waals surface area contributed by atoms with Crippen LogP contribution in [0.15, 0.2) is 29.3 Å². The van der Waals surface area contributed by atoms with Crippen molar-refractivity contribution >= 4 is 5.96 Å². The second-order valence-corrected chi connectivity index (χ2v) is 5.03. The minimum absolute atomic E-state index is 0.142. The second kappa shape index (κ2) is 10.00. The molecule has 0 fully saturated rings. The zero-order chi connectivity index (χ0) is 16.4. The highest BCUT2D eigenvalue weighted by Gasteiger charge is 2.12. The van der Waals surface area contributed by atoms with E-state index in [2.05, 4.69) is 15.6 Å². The molecule has 22 heavy (non-hydrogen) atoms. The molecule has 0 spiro atoms. The fourth-order valence-electron chi connectivity index (χ4n) is 1.92. The normalized spacial score (nSPS) is 14.3. The van der Waals surface area contributed by atoms with Crippen LogP contribution in [-0.2, 0) is 4.74 Å². The highest BCUT2D eigenvalue weighted by molar-refractivity contribution is 5.79. The molecule has 0 aromatic heterocycles. The number of ether oxygens (including phenoxy) is 2. The molecule has 0 radical (unpaired) electrons. The van der Waals surface area contributed by atoms with E-state index in [4.69, 9.17) is 9.47 Å². The molecule has 6 heteroatoms. The van der Waals surface area contributed by atoms with Gasteiger partial charge in [0, 0.05) is 20.2 Å². The number of nitrogens with one attached hydrogen (secondary N) is 2. The number of hydrogen-bond acceptors (Lipinski definition) is 3. The van der Waals surface area contributed by atoms with E-state index in [-0.39, 0.29) is 23.7 Å². The van der Waals surface area contributed by atoms with Gasteiger partial charge in [0.15, 0.2) is 17.5 Å². The molecule has 0 heterocycles. The minimum Gasteiger partial charge on any atom is -0.486 e. The number of methoxy groups -OCH3 is 1. The zero-order valence-corrected chi connectivity index (χ0v) is 13.7. The number of aliphatic imine (C=N–C) groups is 1. The lowest BCUT2D eigenvalue weighted by molar-refractivity contribution is 0.177. The van der Waals surface area contributed by atoms with Gasteiger partial charge in [-0.05, 0) is 25.5 Å². The number of hydrogen-bond donors (Lipinski definition) is 2. The van der Waals surface area contributed by atoms with Crippen LogP contribution in [0, 0.1) is 5.82 Å². The quantitative estimate of drug-likeness (QED) is 0.571. The molecule has 1 aromatic rings. The first kappa shape index (κ1) is 18.2. The Balaban J connectivity index is 2.50. The average Bonchev–Trinajstić information content (AvgIpc) is 2.52. The van der Waals surface area contributed by atoms with Crippen LogP contribution >= 0.6 is 0 Å². The molecular weight excluding hydrogens is 285 g/mol. The van der Waals surface area contributed by atoms with Crippen molar-refractivity contribution in [3.8, 4) is 5.75 Å². The summed E-state index contributed by atoms with van der Waals surface area (Å²) in [5.74, 6) is 0.587. The fraction of sp³-hybridized carbons (Fsp3) is 0.562. The van der Waals surface area contributed by atoms with Crippen LogP contribution in [0.3, 0.4) is 0 Å². The van der Waals surface area contributed by atoms with Gasteiger partial charge in [0.1, 0.15) is 6.10 Å². The number of para-hydroxylation sites is 1. The SMILES string of the molecule is CCC(CNC(=NC)NC(C)COC)Oc1ccccc1F. The van der Waals surface area contributed by atoms with Crippen molar-refractivity contribution in [1.29, 1.82) is 0 Å². The van der Waals surface area contributed by atoms with E-state index >= 15 is 0 Å². The first-order valence-electron chi connectivity index (χ1n) is 7.48. The predicted molar refractivity (Wildman–Crippen MR) is 86.9 cm³/mol. The second-order valence-electron chi connectivity index (χ2n) is 5.03. The van der Waals surface area contributed by atoms with Crippen molar-refractivity contribution in [3.05, 3.63) is 30.1 Å². The van der Waals surface area contributed by atoms with Crippen molar-refractivity contribution in [3.63, 3.8) is 0 Å². The Kier molecular flexibility index (Phi) is 8.28. The van der Waals surface area contributed by atoms with Gasteiger partial charge >= 0.3 is 0 Å². The summed E-state index contributed by atoms with van der Waals surface area (Å²) in [4.78, 5) is 4.15. The third-order valence-corrected chi connectivity index (χ3v) is 3.11. The van der Waals surface area contributed by atoms with E-state index in [1.54, 1.807) is 32.4 Å². The molecule has 5 nitrogen and oxygen atoms in total. The maximum atomic E-state index is 13.6. The van der Waals surface area contributed by atoms with Crippen LogP contribution in [0.25, 0.3) is 0 Å². The van der Waals surface area contributed by atoms with Crippen LogP contribution in [0.1, 0.15) is 20.3 Å². The summed E-state index contributed by atoms with van der Waals surface area (Å²) < 4.78 is 24.4. The number of nitrogens with zero attached hydrogens (tertiary/aromatic N) is 1. The first-order chi connectivity index (χ1) is 10.6. The molecule has 0 saturated heterocycles. The lowest BCUT2D eigenvalue weighted by Gasteiger charge is -2.21. The molecule has 2 atom stereocenters. The van der Waals surface area contributed by atoms with Crippen LogP contribution in [0.5, 0.6) is 5.75 Å². The van der Waals surface area contributed by atoms with Gasteiger partial charge < -0.3 is 20.1 Å². The summed E-state index contributed by atoms with van der Waals surface area (Å²) in [7, 11) is 3.36. The van der Waals surface area contributed by atoms with Crippen molar-refractivity contribution in [2.75, 3.05) is 27.3 Å². The Bertz CT molecular complexity index is 468. The highest BCUT2D eigenvalue weighted by atomic mass is 19.1. The summed E-state index contributed by atoms with van der Waals surface area (Å²) >= 11 is 0. The van der Waals surface area contributed by atoms with Crippen LogP contribution in [-0.4, -0.2) is 45.4 Å². The molecular formula is C16H26FN3O2. The maximum absolute atomic E-state index is 13.6. The molecule has 124 valence electrons. The molecule has 2 N–H and O–H groups in total. The van der Waals surface area contributed by atoms with E-state index in [9.17, 15) is 4.39 Å². The van der Waals surface area contributed by atoms with E-state index in [0.29, 0.717) is 19.1 Å². The standard InChI is InChI=1S/C16H26FN3O2/c1-5-13(22-15-9-7-6-8-14(15)17)10-19-16(18-3)20-12(2)11-21-4/h6-9,12-13H,5,10-11H2,1-4H3,(H2,18,19,20). The minimum atomic E-state index is -0.350. The Morgan fingerprint density at radius 2 is 2.09 bits per heavy atom. The summed E-state index contributed by atoms with van der Waals surface area (Å²) in [5.41, 5.74) is 0. The highest BCUT2D eigenvalue weighted by Crippen LogP contribution is 2.17. The Morgan fingerprint density at radius 3 is 2.68 bits per heavy atom. The number of rotatable bonds is 8. The lowest BCUT2D eigenvalue weighted by atomic mass is 10.2. The molecule has 0 aliphatic carbocycles. The van der Waals surface area contributed by atoms with E-state index in [1.807, 2.05) is 13.8 Å². The number of halogens is 1. The topological polar surface area (TPSA) is 54.9 Å². The largest absolute Gasteiger partial charge is 0.486 e. The first-order valence-corrected chi connectivity index (χ1v) is 7.48. The summed E-state index contributed by atoms with van der Waals surface area (Å²) in [6.07, 6.45) is 0.611. The average molecular weight is 311 g/mol. The smallest absolute Gasteiger partial charge is 0.191 e. The van der Waals surface area contributed by atoms with Gasteiger partial charge in [-0.2, -0.15) is 0 Å². The number of guanidine groups is 1. The van der Waals surface area contributed by atoms with Gasteiger partial charge in [-0.25, -0.2) is 4.39 Å². The summed E-state index contributed by atoms with van der Waals surface area (Å²) in [5, 5.41) is 6.39. The van der Waals surface area contributed by atoms with Crippen molar-refractivity contribution in [2.45, 2.75) is 32.4 Å². The van der Waals surface area contributed by atoms with Crippen molar-refractivity contribution < 1.29 is 13.9 Å². The molecule has 1 rings (SSSR count). The molecule has 0 aliphatic rings. The number of benzene rings is 1.